The number of nitrogens with zero attached hydrogens (tertiary/aromatic N) is 1. The van der Waals surface area contributed by atoms with Crippen molar-refractivity contribution in [3.8, 4) is 0 Å². The number of aliphatic imine (C=N–C) groups is 1. The topological polar surface area (TPSA) is 342 Å². The van der Waals surface area contributed by atoms with Gasteiger partial charge in [0.15, 0.2) is 5.96 Å². The Balaban J connectivity index is 1.53. The van der Waals surface area contributed by atoms with Crippen molar-refractivity contribution >= 4 is 53.6 Å². The fourth-order valence-electron chi connectivity index (χ4n) is 5.87. The highest BCUT2D eigenvalue weighted by Gasteiger charge is 2.62. The summed E-state index contributed by atoms with van der Waals surface area (Å²) in [5.74, 6) is -6.78. The van der Waals surface area contributed by atoms with Crippen LogP contribution in [-0.2, 0) is 35.3 Å². The molecule has 1 aromatic rings. The average Bonchev–Trinajstić information content (AvgIpc) is 3.82. The smallest absolute Gasteiger partial charge is 0.329 e. The minimum Gasteiger partial charge on any atom is -0.481 e. The van der Waals surface area contributed by atoms with Crippen molar-refractivity contribution < 1.29 is 58.8 Å². The van der Waals surface area contributed by atoms with Gasteiger partial charge in [0.1, 0.15) is 17.6 Å². The molecule has 0 aliphatic heterocycles. The zero-order valence-corrected chi connectivity index (χ0v) is 31.2. The monoisotopic (exact) mass is 790 g/mol. The van der Waals surface area contributed by atoms with E-state index in [1.165, 1.54) is 0 Å². The molecule has 13 N–H and O–H groups in total. The largest absolute Gasteiger partial charge is 0.481 e. The van der Waals surface area contributed by atoms with Gasteiger partial charge < -0.3 is 58.5 Å². The Kier molecular flexibility index (Phi) is 19.6. The summed E-state index contributed by atoms with van der Waals surface area (Å²) < 4.78 is 0. The number of unbranched alkanes of at least 4 members (excludes halogenated alkanes) is 5. The molecule has 1 aromatic carbocycles. The van der Waals surface area contributed by atoms with Gasteiger partial charge in [-0.1, -0.05) is 25.0 Å². The Morgan fingerprint density at radius 3 is 1.80 bits per heavy atom. The molecular formula is C36H54N8O12. The molecule has 20 nitrogen and oxygen atoms in total. The van der Waals surface area contributed by atoms with Crippen molar-refractivity contribution in [3.63, 3.8) is 0 Å². The number of nitrogens with two attached hydrogens (primary N) is 2. The second kappa shape index (κ2) is 23.8. The van der Waals surface area contributed by atoms with Crippen molar-refractivity contribution in [1.29, 1.82) is 0 Å². The van der Waals surface area contributed by atoms with Crippen molar-refractivity contribution in [2.45, 2.75) is 114 Å². The Morgan fingerprint density at radius 1 is 0.714 bits per heavy atom. The second-order valence-corrected chi connectivity index (χ2v) is 13.7. The molecule has 2 rings (SSSR count). The van der Waals surface area contributed by atoms with Crippen molar-refractivity contribution in [3.05, 3.63) is 35.4 Å². The Labute approximate surface area is 323 Å². The van der Waals surface area contributed by atoms with Crippen LogP contribution in [0.4, 0.5) is 4.79 Å². The van der Waals surface area contributed by atoms with Crippen molar-refractivity contribution in [2.75, 3.05) is 13.1 Å². The summed E-state index contributed by atoms with van der Waals surface area (Å²) in [6, 6.07) is 3.39. The lowest BCUT2D eigenvalue weighted by Gasteiger charge is -2.19. The quantitative estimate of drug-likeness (QED) is 0.0315. The molecule has 4 atom stereocenters. The normalized spacial score (nSPS) is 16.6. The maximum Gasteiger partial charge on any atom is 0.329 e. The van der Waals surface area contributed by atoms with Gasteiger partial charge in [0.25, 0.3) is 5.91 Å². The number of carbonyl (C=O) groups is 8. The Bertz CT molecular complexity index is 1570. The fraction of sp³-hybridized carbons (Fsp3) is 0.583. The number of urea groups is 1. The summed E-state index contributed by atoms with van der Waals surface area (Å²) in [5.41, 5.74) is 10.2. The van der Waals surface area contributed by atoms with Crippen molar-refractivity contribution in [2.24, 2.45) is 22.4 Å². The van der Waals surface area contributed by atoms with E-state index in [4.69, 9.17) is 16.6 Å². The van der Waals surface area contributed by atoms with Gasteiger partial charge in [0, 0.05) is 37.4 Å². The van der Waals surface area contributed by atoms with E-state index in [0.29, 0.717) is 70.0 Å². The van der Waals surface area contributed by atoms with Gasteiger partial charge in [-0.15, -0.1) is 0 Å². The van der Waals surface area contributed by atoms with E-state index < -0.39 is 59.9 Å². The van der Waals surface area contributed by atoms with E-state index in [9.17, 15) is 53.7 Å². The Hall–Kier alpha value is -5.95. The highest BCUT2D eigenvalue weighted by molar-refractivity contribution is 5.94. The van der Waals surface area contributed by atoms with Crippen LogP contribution >= 0.6 is 0 Å². The van der Waals surface area contributed by atoms with Gasteiger partial charge in [0.2, 0.25) is 11.8 Å². The van der Waals surface area contributed by atoms with Gasteiger partial charge in [0.05, 0.1) is 13.0 Å². The van der Waals surface area contributed by atoms with E-state index in [2.05, 4.69) is 31.6 Å². The molecule has 1 fully saturated rings. The average molecular weight is 791 g/mol. The van der Waals surface area contributed by atoms with Gasteiger partial charge in [-0.05, 0) is 75.5 Å². The van der Waals surface area contributed by atoms with E-state index in [0.717, 1.165) is 5.56 Å². The lowest BCUT2D eigenvalue weighted by atomic mass is 10.1. The van der Waals surface area contributed by atoms with Crippen LogP contribution in [0, 0.1) is 5.92 Å². The molecule has 0 radical (unpaired) electrons. The first-order valence-electron chi connectivity index (χ1n) is 18.5. The molecular weight excluding hydrogens is 736 g/mol. The Morgan fingerprint density at radius 2 is 1.27 bits per heavy atom. The van der Waals surface area contributed by atoms with E-state index in [-0.39, 0.29) is 62.3 Å². The van der Waals surface area contributed by atoms with E-state index in [1.807, 2.05) is 0 Å². The standard InChI is InChI=1S/C36H54N8O12/c37-34(38)41-21-22-13-15-23(16-14-22)30(49)40-18-8-6-9-25(31(50)51)42-28(46)12-4-2-1-3-11-27(45)39-17-7-5-10-26(32(52)53)43-35(56)44-36(33(54)55)20-24(36)19-29(47)48/h13-16,24-26H,1-12,17-21H2,(H,39,45)(H,40,49)(H,42,46)(H,47,48)(H,50,51)(H,52,53)(H,54,55)(H4,37,38,41)(H2,43,44,56)/t24?,25?,26-,36?/m0/s1. The number of nitrogens with one attached hydrogen (secondary N) is 5. The predicted molar refractivity (Wildman–Crippen MR) is 200 cm³/mol. The summed E-state index contributed by atoms with van der Waals surface area (Å²) in [6.45, 7) is 0.906. The molecule has 1 saturated carbocycles. The molecule has 1 aliphatic carbocycles. The number of carboxylic acid groups (broad SMARTS) is 4. The molecule has 20 heteroatoms. The molecule has 56 heavy (non-hydrogen) atoms. The van der Waals surface area contributed by atoms with Gasteiger partial charge >= 0.3 is 29.9 Å². The third-order valence-electron chi connectivity index (χ3n) is 9.15. The predicted octanol–water partition coefficient (Wildman–Crippen LogP) is 0.627. The van der Waals surface area contributed by atoms with Gasteiger partial charge in [-0.3, -0.25) is 19.2 Å². The first-order valence-corrected chi connectivity index (χ1v) is 18.5. The minimum atomic E-state index is -1.75. The summed E-state index contributed by atoms with van der Waals surface area (Å²) in [6.07, 6.45) is 4.19. The van der Waals surface area contributed by atoms with Crippen LogP contribution in [0.5, 0.6) is 0 Å². The maximum absolute atomic E-state index is 12.4. The molecule has 3 unspecified atom stereocenters. The number of guanidine groups is 1. The number of carbonyl (C=O) groups excluding carboxylic acids is 4. The number of amides is 5. The lowest BCUT2D eigenvalue weighted by molar-refractivity contribution is -0.142. The van der Waals surface area contributed by atoms with Crippen LogP contribution in [0.15, 0.2) is 29.3 Å². The van der Waals surface area contributed by atoms with E-state index >= 15 is 0 Å². The highest BCUT2D eigenvalue weighted by Crippen LogP contribution is 2.46. The number of hydrogen-bond acceptors (Lipinski definition) is 9. The van der Waals surface area contributed by atoms with Gasteiger partial charge in [-0.2, -0.15) is 0 Å². The van der Waals surface area contributed by atoms with Crippen molar-refractivity contribution in [1.82, 2.24) is 26.6 Å². The molecule has 0 saturated heterocycles. The molecule has 0 bridgehead atoms. The SMILES string of the molecule is NC(N)=NCc1ccc(C(=O)NCCCCC(NC(=O)CCCCCCC(=O)NCCCC[C@H](NC(=O)NC2(C(=O)O)CC2CC(=O)O)C(=O)O)C(=O)O)cc1. The summed E-state index contributed by atoms with van der Waals surface area (Å²) >= 11 is 0. The number of carboxylic acids is 4. The minimum absolute atomic E-state index is 0.0130. The number of rotatable bonds is 28. The third kappa shape index (κ3) is 17.5. The zero-order valence-electron chi connectivity index (χ0n) is 31.2. The number of benzene rings is 1. The number of hydrogen-bond donors (Lipinski definition) is 11. The second-order valence-electron chi connectivity index (χ2n) is 13.7. The first-order chi connectivity index (χ1) is 26.5. The first kappa shape index (κ1) is 46.2. The molecule has 1 aliphatic rings. The van der Waals surface area contributed by atoms with Crippen LogP contribution in [0.2, 0.25) is 0 Å². The van der Waals surface area contributed by atoms with Crippen LogP contribution in [0.25, 0.3) is 0 Å². The maximum atomic E-state index is 12.4. The molecule has 0 aromatic heterocycles. The summed E-state index contributed by atoms with van der Waals surface area (Å²) in [4.78, 5) is 98.9. The molecule has 310 valence electrons. The van der Waals surface area contributed by atoms with Crippen LogP contribution in [0.1, 0.15) is 106 Å². The van der Waals surface area contributed by atoms with E-state index in [1.54, 1.807) is 24.3 Å². The third-order valence-corrected chi connectivity index (χ3v) is 9.15. The highest BCUT2D eigenvalue weighted by atomic mass is 16.4. The lowest BCUT2D eigenvalue weighted by Crippen LogP contribution is -2.53. The molecule has 0 heterocycles. The van der Waals surface area contributed by atoms with Gasteiger partial charge in [-0.25, -0.2) is 24.2 Å². The molecule has 0 spiro atoms. The summed E-state index contributed by atoms with van der Waals surface area (Å²) in [5, 5.41) is 49.8. The van der Waals surface area contributed by atoms with Crippen LogP contribution in [0.3, 0.4) is 0 Å². The van der Waals surface area contributed by atoms with Crippen LogP contribution < -0.4 is 38.1 Å². The number of aliphatic carboxylic acids is 4. The summed E-state index contributed by atoms with van der Waals surface area (Å²) in [7, 11) is 0. The van der Waals surface area contributed by atoms with Crippen LogP contribution in [-0.4, -0.2) is 105 Å². The zero-order chi connectivity index (χ0) is 41.7. The fourth-order valence-corrected chi connectivity index (χ4v) is 5.87. The molecule has 5 amide bonds.